The van der Waals surface area contributed by atoms with Gasteiger partial charge in [-0.15, -0.1) is 0 Å². The van der Waals surface area contributed by atoms with Crippen molar-refractivity contribution in [2.24, 2.45) is 0 Å². The second kappa shape index (κ2) is 6.25. The highest BCUT2D eigenvalue weighted by atomic mass is 16.3. The molecule has 1 rings (SSSR count). The number of aliphatic hydroxyl groups excluding tert-OH is 1. The van der Waals surface area contributed by atoms with Crippen LogP contribution in [0.25, 0.3) is 0 Å². The normalized spacial score (nSPS) is 12.2. The van der Waals surface area contributed by atoms with Gasteiger partial charge >= 0.3 is 0 Å². The minimum atomic E-state index is -0.451. The van der Waals surface area contributed by atoms with E-state index in [1.807, 2.05) is 24.3 Å². The molecule has 1 atom stereocenters. The van der Waals surface area contributed by atoms with Crippen LogP contribution in [0.2, 0.25) is 0 Å². The van der Waals surface area contributed by atoms with Gasteiger partial charge in [0, 0.05) is 6.54 Å². The van der Waals surface area contributed by atoms with Crippen LogP contribution in [-0.2, 0) is 11.3 Å². The zero-order chi connectivity index (χ0) is 12.0. The molecule has 3 N–H and O–H groups in total. The number of aliphatic hydroxyl groups is 1. The van der Waals surface area contributed by atoms with Gasteiger partial charge in [0.2, 0.25) is 5.91 Å². The van der Waals surface area contributed by atoms with Gasteiger partial charge in [-0.1, -0.05) is 24.3 Å². The van der Waals surface area contributed by atoms with Crippen molar-refractivity contribution in [3.63, 3.8) is 0 Å². The number of amides is 1. The van der Waals surface area contributed by atoms with E-state index in [0.717, 1.165) is 11.1 Å². The van der Waals surface area contributed by atoms with Crippen LogP contribution in [0.3, 0.4) is 0 Å². The summed E-state index contributed by atoms with van der Waals surface area (Å²) in [5.41, 5.74) is 1.90. The highest BCUT2D eigenvalue weighted by Crippen LogP contribution is 2.12. The number of rotatable bonds is 5. The summed E-state index contributed by atoms with van der Waals surface area (Å²) >= 11 is 0. The molecule has 0 bridgehead atoms. The lowest BCUT2D eigenvalue weighted by molar-refractivity contribution is -0.120. The Labute approximate surface area is 95.7 Å². The fraction of sp³-hybridized carbons (Fsp3) is 0.417. The predicted molar refractivity (Wildman–Crippen MR) is 62.8 cm³/mol. The van der Waals surface area contributed by atoms with Crippen molar-refractivity contribution in [2.45, 2.75) is 19.6 Å². The molecule has 0 saturated heterocycles. The maximum atomic E-state index is 11.2. The largest absolute Gasteiger partial charge is 0.389 e. The highest BCUT2D eigenvalue weighted by molar-refractivity contribution is 5.77. The lowest BCUT2D eigenvalue weighted by atomic mass is 10.1. The van der Waals surface area contributed by atoms with Crippen molar-refractivity contribution in [3.05, 3.63) is 35.4 Å². The quantitative estimate of drug-likeness (QED) is 0.683. The topological polar surface area (TPSA) is 61.4 Å². The summed E-state index contributed by atoms with van der Waals surface area (Å²) in [4.78, 5) is 11.2. The van der Waals surface area contributed by atoms with E-state index in [1.54, 1.807) is 14.0 Å². The van der Waals surface area contributed by atoms with E-state index >= 15 is 0 Å². The first-order valence-electron chi connectivity index (χ1n) is 5.31. The maximum absolute atomic E-state index is 11.2. The summed E-state index contributed by atoms with van der Waals surface area (Å²) in [5.74, 6) is -0.0258. The van der Waals surface area contributed by atoms with Gasteiger partial charge in [-0.3, -0.25) is 4.79 Å². The van der Waals surface area contributed by atoms with Crippen molar-refractivity contribution in [1.82, 2.24) is 10.6 Å². The molecule has 1 aromatic carbocycles. The first-order chi connectivity index (χ1) is 7.63. The Bertz CT molecular complexity index is 333. The number of carbonyl (C=O) groups is 1. The van der Waals surface area contributed by atoms with Crippen molar-refractivity contribution in [1.29, 1.82) is 0 Å². The van der Waals surface area contributed by atoms with Crippen LogP contribution in [0.5, 0.6) is 0 Å². The second-order valence-electron chi connectivity index (χ2n) is 3.72. The van der Waals surface area contributed by atoms with E-state index in [2.05, 4.69) is 10.6 Å². The average Bonchev–Trinajstić information content (AvgIpc) is 2.27. The average molecular weight is 222 g/mol. The second-order valence-corrected chi connectivity index (χ2v) is 3.72. The molecule has 0 aliphatic carbocycles. The first-order valence-corrected chi connectivity index (χ1v) is 5.31. The SMILES string of the molecule is CNCC(=O)NCc1ccc(C(C)O)cc1. The van der Waals surface area contributed by atoms with E-state index in [0.29, 0.717) is 13.1 Å². The molecule has 88 valence electrons. The third-order valence-corrected chi connectivity index (χ3v) is 2.29. The Morgan fingerprint density at radius 2 is 2.00 bits per heavy atom. The van der Waals surface area contributed by atoms with Crippen LogP contribution in [-0.4, -0.2) is 24.6 Å². The van der Waals surface area contributed by atoms with Crippen molar-refractivity contribution in [2.75, 3.05) is 13.6 Å². The molecule has 0 aromatic heterocycles. The maximum Gasteiger partial charge on any atom is 0.234 e. The van der Waals surface area contributed by atoms with E-state index in [4.69, 9.17) is 0 Å². The zero-order valence-corrected chi connectivity index (χ0v) is 9.66. The van der Waals surface area contributed by atoms with E-state index < -0.39 is 6.10 Å². The van der Waals surface area contributed by atoms with Gasteiger partial charge in [0.25, 0.3) is 0 Å². The molecule has 0 saturated carbocycles. The smallest absolute Gasteiger partial charge is 0.234 e. The highest BCUT2D eigenvalue weighted by Gasteiger charge is 2.01. The number of likely N-dealkylation sites (N-methyl/N-ethyl adjacent to an activating group) is 1. The number of hydrogen-bond donors (Lipinski definition) is 3. The van der Waals surface area contributed by atoms with Crippen LogP contribution in [0.15, 0.2) is 24.3 Å². The Morgan fingerprint density at radius 3 is 2.50 bits per heavy atom. The van der Waals surface area contributed by atoms with Gasteiger partial charge in [0.05, 0.1) is 12.6 Å². The number of carbonyl (C=O) groups excluding carboxylic acids is 1. The van der Waals surface area contributed by atoms with Crippen molar-refractivity contribution in [3.8, 4) is 0 Å². The van der Waals surface area contributed by atoms with Gasteiger partial charge < -0.3 is 15.7 Å². The number of benzene rings is 1. The van der Waals surface area contributed by atoms with Crippen molar-refractivity contribution < 1.29 is 9.90 Å². The standard InChI is InChI=1S/C12H18N2O2/c1-9(15)11-5-3-10(4-6-11)7-14-12(16)8-13-2/h3-6,9,13,15H,7-8H2,1-2H3,(H,14,16). The molecule has 1 amide bonds. The van der Waals surface area contributed by atoms with E-state index in [1.165, 1.54) is 0 Å². The lowest BCUT2D eigenvalue weighted by Gasteiger charge is -2.07. The Morgan fingerprint density at radius 1 is 1.38 bits per heavy atom. The number of hydrogen-bond acceptors (Lipinski definition) is 3. The Kier molecular flexibility index (Phi) is 4.95. The summed E-state index contributed by atoms with van der Waals surface area (Å²) in [5, 5.41) is 14.9. The Balaban J connectivity index is 2.46. The van der Waals surface area contributed by atoms with Crippen LogP contribution >= 0.6 is 0 Å². The summed E-state index contributed by atoms with van der Waals surface area (Å²) in [7, 11) is 1.73. The molecule has 4 heteroatoms. The monoisotopic (exact) mass is 222 g/mol. The van der Waals surface area contributed by atoms with Gasteiger partial charge in [-0.2, -0.15) is 0 Å². The van der Waals surface area contributed by atoms with Gasteiger partial charge in [0.15, 0.2) is 0 Å². The molecule has 0 aliphatic rings. The molecular weight excluding hydrogens is 204 g/mol. The van der Waals surface area contributed by atoms with Crippen LogP contribution in [0, 0.1) is 0 Å². The molecule has 4 nitrogen and oxygen atoms in total. The molecule has 1 unspecified atom stereocenters. The summed E-state index contributed by atoms with van der Waals surface area (Å²) in [6.45, 7) is 2.57. The van der Waals surface area contributed by atoms with Gasteiger partial charge in [0.1, 0.15) is 0 Å². The number of nitrogens with one attached hydrogen (secondary N) is 2. The van der Waals surface area contributed by atoms with Crippen LogP contribution < -0.4 is 10.6 Å². The molecule has 16 heavy (non-hydrogen) atoms. The Hall–Kier alpha value is -1.39. The first kappa shape index (κ1) is 12.7. The van der Waals surface area contributed by atoms with Crippen molar-refractivity contribution >= 4 is 5.91 Å². The van der Waals surface area contributed by atoms with Gasteiger partial charge in [-0.05, 0) is 25.1 Å². The minimum Gasteiger partial charge on any atom is -0.389 e. The molecule has 0 fully saturated rings. The zero-order valence-electron chi connectivity index (χ0n) is 9.66. The molecule has 0 radical (unpaired) electrons. The molecule has 0 aliphatic heterocycles. The molecule has 1 aromatic rings. The minimum absolute atomic E-state index is 0.0258. The van der Waals surface area contributed by atoms with E-state index in [-0.39, 0.29) is 5.91 Å². The van der Waals surface area contributed by atoms with E-state index in [9.17, 15) is 9.90 Å². The third-order valence-electron chi connectivity index (χ3n) is 2.29. The predicted octanol–water partition coefficient (Wildman–Crippen LogP) is 0.575. The van der Waals surface area contributed by atoms with Crippen LogP contribution in [0.4, 0.5) is 0 Å². The summed E-state index contributed by atoms with van der Waals surface area (Å²) in [6, 6.07) is 7.54. The molecule has 0 heterocycles. The summed E-state index contributed by atoms with van der Waals surface area (Å²) < 4.78 is 0. The third kappa shape index (κ3) is 4.00. The fourth-order valence-electron chi connectivity index (χ4n) is 1.34. The molecule has 0 spiro atoms. The lowest BCUT2D eigenvalue weighted by Crippen LogP contribution is -2.31. The van der Waals surface area contributed by atoms with Gasteiger partial charge in [-0.25, -0.2) is 0 Å². The molecular formula is C12H18N2O2. The fourth-order valence-corrected chi connectivity index (χ4v) is 1.34. The summed E-state index contributed by atoms with van der Waals surface area (Å²) in [6.07, 6.45) is -0.451. The van der Waals surface area contributed by atoms with Crippen LogP contribution in [0.1, 0.15) is 24.2 Å².